The first-order valence-corrected chi connectivity index (χ1v) is 6.72. The largest absolute Gasteiger partial charge is 0.354 e. The van der Waals surface area contributed by atoms with Crippen LogP contribution in [0.25, 0.3) is 0 Å². The molecule has 0 atom stereocenters. The van der Waals surface area contributed by atoms with Crippen molar-refractivity contribution >= 4 is 27.7 Å². The fourth-order valence-corrected chi connectivity index (χ4v) is 1.98. The van der Waals surface area contributed by atoms with Crippen molar-refractivity contribution < 1.29 is 14.0 Å². The van der Waals surface area contributed by atoms with E-state index < -0.39 is 5.82 Å². The zero-order valence-electron chi connectivity index (χ0n) is 10.8. The first-order valence-electron chi connectivity index (χ1n) is 5.92. The van der Waals surface area contributed by atoms with Gasteiger partial charge in [-0.2, -0.15) is 0 Å². The van der Waals surface area contributed by atoms with E-state index in [0.717, 1.165) is 0 Å². The van der Waals surface area contributed by atoms with Crippen molar-refractivity contribution in [2.24, 2.45) is 0 Å². The molecule has 4 nitrogen and oxygen atoms in total. The Morgan fingerprint density at radius 1 is 1.37 bits per heavy atom. The average Bonchev–Trinajstić information content (AvgIpc) is 2.27. The molecule has 19 heavy (non-hydrogen) atoms. The van der Waals surface area contributed by atoms with Crippen molar-refractivity contribution in [2.75, 3.05) is 6.54 Å². The summed E-state index contributed by atoms with van der Waals surface area (Å²) in [4.78, 5) is 23.1. The predicted octanol–water partition coefficient (Wildman–Crippen LogP) is 2.23. The number of halogens is 2. The maximum atomic E-state index is 12.9. The van der Waals surface area contributed by atoms with Gasteiger partial charge in [-0.15, -0.1) is 0 Å². The minimum absolute atomic E-state index is 0.0782. The Kier molecular flexibility index (Phi) is 5.95. The molecule has 0 saturated heterocycles. The first-order chi connectivity index (χ1) is 8.90. The van der Waals surface area contributed by atoms with Crippen LogP contribution in [0.1, 0.15) is 30.6 Å². The molecule has 0 heterocycles. The van der Waals surface area contributed by atoms with E-state index in [4.69, 9.17) is 0 Å². The van der Waals surface area contributed by atoms with Gasteiger partial charge in [-0.1, -0.05) is 0 Å². The summed E-state index contributed by atoms with van der Waals surface area (Å²) in [5, 5.41) is 5.34. The molecule has 1 rings (SSSR count). The highest BCUT2D eigenvalue weighted by atomic mass is 79.9. The van der Waals surface area contributed by atoms with Crippen LogP contribution < -0.4 is 10.6 Å². The lowest BCUT2D eigenvalue weighted by atomic mass is 10.2. The summed E-state index contributed by atoms with van der Waals surface area (Å²) in [5.41, 5.74) is 0.339. The Balaban J connectivity index is 2.45. The SMILES string of the molecule is CC(C)NC(=O)CCNC(=O)c1ccc(F)cc1Br. The molecule has 0 aliphatic carbocycles. The van der Waals surface area contributed by atoms with E-state index in [2.05, 4.69) is 26.6 Å². The molecule has 0 radical (unpaired) electrons. The van der Waals surface area contributed by atoms with Crippen molar-refractivity contribution in [1.29, 1.82) is 0 Å². The van der Waals surface area contributed by atoms with Gasteiger partial charge in [0.25, 0.3) is 5.91 Å². The van der Waals surface area contributed by atoms with E-state index in [-0.39, 0.29) is 30.8 Å². The Morgan fingerprint density at radius 2 is 2.05 bits per heavy atom. The summed E-state index contributed by atoms with van der Waals surface area (Å²) in [7, 11) is 0. The number of carbonyl (C=O) groups is 2. The fourth-order valence-electron chi connectivity index (χ4n) is 1.45. The second kappa shape index (κ2) is 7.23. The number of benzene rings is 1. The third kappa shape index (κ3) is 5.38. The first kappa shape index (κ1) is 15.6. The monoisotopic (exact) mass is 330 g/mol. The molecule has 1 aromatic rings. The van der Waals surface area contributed by atoms with Gasteiger partial charge in [0.15, 0.2) is 0 Å². The topological polar surface area (TPSA) is 58.2 Å². The van der Waals surface area contributed by atoms with E-state index in [1.54, 1.807) is 0 Å². The van der Waals surface area contributed by atoms with Crippen LogP contribution in [0.3, 0.4) is 0 Å². The number of hydrogen-bond acceptors (Lipinski definition) is 2. The quantitative estimate of drug-likeness (QED) is 0.869. The van der Waals surface area contributed by atoms with Gasteiger partial charge in [-0.3, -0.25) is 9.59 Å². The van der Waals surface area contributed by atoms with Crippen LogP contribution in [0.15, 0.2) is 22.7 Å². The lowest BCUT2D eigenvalue weighted by Gasteiger charge is -2.09. The van der Waals surface area contributed by atoms with E-state index in [1.807, 2.05) is 13.8 Å². The molecule has 6 heteroatoms. The number of rotatable bonds is 5. The predicted molar refractivity (Wildman–Crippen MR) is 74.3 cm³/mol. The second-order valence-electron chi connectivity index (χ2n) is 4.35. The van der Waals surface area contributed by atoms with Crippen molar-refractivity contribution in [1.82, 2.24) is 10.6 Å². The highest BCUT2D eigenvalue weighted by Crippen LogP contribution is 2.17. The summed E-state index contributed by atoms with van der Waals surface area (Å²) < 4.78 is 13.3. The molecular formula is C13H16BrFN2O2. The third-order valence-corrected chi connectivity index (χ3v) is 2.92. The molecule has 0 aliphatic rings. The third-order valence-electron chi connectivity index (χ3n) is 2.26. The van der Waals surface area contributed by atoms with Gasteiger partial charge in [0.1, 0.15) is 5.82 Å². The van der Waals surface area contributed by atoms with Gasteiger partial charge in [-0.25, -0.2) is 4.39 Å². The summed E-state index contributed by atoms with van der Waals surface area (Å²) in [6.07, 6.45) is 0.211. The van der Waals surface area contributed by atoms with E-state index >= 15 is 0 Å². The number of amides is 2. The molecular weight excluding hydrogens is 315 g/mol. The van der Waals surface area contributed by atoms with Gasteiger partial charge in [0, 0.05) is 23.5 Å². The molecule has 2 amide bonds. The number of carbonyl (C=O) groups excluding carboxylic acids is 2. The van der Waals surface area contributed by atoms with Gasteiger partial charge in [0.05, 0.1) is 5.56 Å². The Hall–Kier alpha value is -1.43. The van der Waals surface area contributed by atoms with E-state index in [1.165, 1.54) is 18.2 Å². The van der Waals surface area contributed by atoms with E-state index in [9.17, 15) is 14.0 Å². The molecule has 0 saturated carbocycles. The maximum Gasteiger partial charge on any atom is 0.252 e. The zero-order chi connectivity index (χ0) is 14.4. The lowest BCUT2D eigenvalue weighted by molar-refractivity contribution is -0.121. The summed E-state index contributed by atoms with van der Waals surface area (Å²) in [6, 6.07) is 3.91. The summed E-state index contributed by atoms with van der Waals surface area (Å²) >= 11 is 3.12. The molecule has 0 aromatic heterocycles. The van der Waals surface area contributed by atoms with Crippen LogP contribution in [-0.2, 0) is 4.79 Å². The van der Waals surface area contributed by atoms with Crippen LogP contribution in [0.4, 0.5) is 4.39 Å². The zero-order valence-corrected chi connectivity index (χ0v) is 12.4. The maximum absolute atomic E-state index is 12.9. The molecule has 0 aliphatic heterocycles. The van der Waals surface area contributed by atoms with Crippen LogP contribution in [-0.4, -0.2) is 24.4 Å². The summed E-state index contributed by atoms with van der Waals surface area (Å²) in [5.74, 6) is -0.877. The summed E-state index contributed by atoms with van der Waals surface area (Å²) in [6.45, 7) is 3.97. The highest BCUT2D eigenvalue weighted by Gasteiger charge is 2.11. The van der Waals surface area contributed by atoms with Crippen LogP contribution in [0.2, 0.25) is 0 Å². The van der Waals surface area contributed by atoms with E-state index in [0.29, 0.717) is 10.0 Å². The molecule has 0 bridgehead atoms. The van der Waals surface area contributed by atoms with Crippen LogP contribution >= 0.6 is 15.9 Å². The molecule has 0 unspecified atom stereocenters. The lowest BCUT2D eigenvalue weighted by Crippen LogP contribution is -2.34. The van der Waals surface area contributed by atoms with Crippen molar-refractivity contribution in [3.63, 3.8) is 0 Å². The number of nitrogens with one attached hydrogen (secondary N) is 2. The number of hydrogen-bond donors (Lipinski definition) is 2. The Bertz CT molecular complexity index is 478. The van der Waals surface area contributed by atoms with Crippen LogP contribution in [0, 0.1) is 5.82 Å². The smallest absolute Gasteiger partial charge is 0.252 e. The van der Waals surface area contributed by atoms with Crippen LogP contribution in [0.5, 0.6) is 0 Å². The van der Waals surface area contributed by atoms with Crippen molar-refractivity contribution in [3.05, 3.63) is 34.1 Å². The molecule has 104 valence electrons. The average molecular weight is 331 g/mol. The van der Waals surface area contributed by atoms with Gasteiger partial charge in [0.2, 0.25) is 5.91 Å². The van der Waals surface area contributed by atoms with Gasteiger partial charge in [-0.05, 0) is 48.0 Å². The fraction of sp³-hybridized carbons (Fsp3) is 0.385. The Morgan fingerprint density at radius 3 is 2.63 bits per heavy atom. The standard InChI is InChI=1S/C13H16BrFN2O2/c1-8(2)17-12(18)5-6-16-13(19)10-4-3-9(15)7-11(10)14/h3-4,7-8H,5-6H2,1-2H3,(H,16,19)(H,17,18). The minimum Gasteiger partial charge on any atom is -0.354 e. The highest BCUT2D eigenvalue weighted by molar-refractivity contribution is 9.10. The second-order valence-corrected chi connectivity index (χ2v) is 5.21. The molecule has 0 spiro atoms. The molecule has 1 aromatic carbocycles. The van der Waals surface area contributed by atoms with Gasteiger partial charge < -0.3 is 10.6 Å². The molecule has 0 fully saturated rings. The van der Waals surface area contributed by atoms with Crippen molar-refractivity contribution in [3.8, 4) is 0 Å². The minimum atomic E-state index is -0.417. The Labute approximate surface area is 119 Å². The van der Waals surface area contributed by atoms with Gasteiger partial charge >= 0.3 is 0 Å². The normalized spacial score (nSPS) is 10.4. The van der Waals surface area contributed by atoms with Crippen molar-refractivity contribution in [2.45, 2.75) is 26.3 Å². The molecule has 2 N–H and O–H groups in total.